The largest absolute Gasteiger partial charge is 0.416 e. The molecule has 3 nitrogen and oxygen atoms in total. The van der Waals surface area contributed by atoms with E-state index in [2.05, 4.69) is 5.32 Å². The normalized spacial score (nSPS) is 16.9. The minimum atomic E-state index is -4.40. The van der Waals surface area contributed by atoms with Crippen molar-refractivity contribution in [1.82, 2.24) is 4.90 Å². The van der Waals surface area contributed by atoms with Crippen molar-refractivity contribution in [3.63, 3.8) is 0 Å². The maximum absolute atomic E-state index is 12.6. The molecule has 0 spiro atoms. The van der Waals surface area contributed by atoms with Gasteiger partial charge in [0.05, 0.1) is 12.1 Å². The second-order valence-electron chi connectivity index (χ2n) is 4.96. The fourth-order valence-corrected chi connectivity index (χ4v) is 2.29. The van der Waals surface area contributed by atoms with E-state index in [1.165, 1.54) is 18.6 Å². The quantitative estimate of drug-likeness (QED) is 0.926. The summed E-state index contributed by atoms with van der Waals surface area (Å²) >= 11 is 0. The Morgan fingerprint density at radius 1 is 1.20 bits per heavy atom. The number of likely N-dealkylation sites (tertiary alicyclic amines) is 1. The number of amides is 1. The lowest BCUT2D eigenvalue weighted by Gasteiger charge is -2.25. The molecule has 1 N–H and O–H groups in total. The number of anilines is 1. The Hall–Kier alpha value is -1.56. The zero-order valence-corrected chi connectivity index (χ0v) is 11.0. The molecule has 20 heavy (non-hydrogen) atoms. The van der Waals surface area contributed by atoms with Crippen molar-refractivity contribution in [3.8, 4) is 0 Å². The van der Waals surface area contributed by atoms with Crippen LogP contribution in [0.2, 0.25) is 0 Å². The van der Waals surface area contributed by atoms with Crippen LogP contribution >= 0.6 is 0 Å². The first-order valence-electron chi connectivity index (χ1n) is 6.64. The SMILES string of the molecule is O=C(CN1CCCCC1)Nc1cccc(C(F)(F)F)c1. The van der Waals surface area contributed by atoms with Gasteiger partial charge in [-0.2, -0.15) is 13.2 Å². The summed E-state index contributed by atoms with van der Waals surface area (Å²) in [4.78, 5) is 13.8. The maximum atomic E-state index is 12.6. The lowest BCUT2D eigenvalue weighted by molar-refractivity contribution is -0.137. The standard InChI is InChI=1S/C14H17F3N2O/c15-14(16,17)11-5-4-6-12(9-11)18-13(20)10-19-7-2-1-3-8-19/h4-6,9H,1-3,7-8,10H2,(H,18,20). The molecule has 1 aromatic rings. The number of carbonyl (C=O) groups is 1. The average molecular weight is 286 g/mol. The third-order valence-corrected chi connectivity index (χ3v) is 3.29. The van der Waals surface area contributed by atoms with Gasteiger partial charge in [-0.3, -0.25) is 9.69 Å². The van der Waals surface area contributed by atoms with Crippen LogP contribution in [0, 0.1) is 0 Å². The number of rotatable bonds is 3. The minimum Gasteiger partial charge on any atom is -0.325 e. The Bertz CT molecular complexity index is 468. The van der Waals surface area contributed by atoms with Gasteiger partial charge in [0, 0.05) is 5.69 Å². The summed E-state index contributed by atoms with van der Waals surface area (Å²) < 4.78 is 37.7. The van der Waals surface area contributed by atoms with Gasteiger partial charge in [-0.1, -0.05) is 12.5 Å². The molecular weight excluding hydrogens is 269 g/mol. The van der Waals surface area contributed by atoms with Gasteiger partial charge in [-0.25, -0.2) is 0 Å². The van der Waals surface area contributed by atoms with Crippen molar-refractivity contribution in [2.45, 2.75) is 25.4 Å². The molecule has 1 aromatic carbocycles. The molecule has 1 aliphatic rings. The van der Waals surface area contributed by atoms with E-state index >= 15 is 0 Å². The highest BCUT2D eigenvalue weighted by Gasteiger charge is 2.30. The van der Waals surface area contributed by atoms with Crippen LogP contribution in [0.25, 0.3) is 0 Å². The zero-order valence-electron chi connectivity index (χ0n) is 11.0. The zero-order chi connectivity index (χ0) is 14.6. The van der Waals surface area contributed by atoms with Gasteiger partial charge < -0.3 is 5.32 Å². The van der Waals surface area contributed by atoms with Gasteiger partial charge in [-0.05, 0) is 44.1 Å². The molecule has 1 amide bonds. The van der Waals surface area contributed by atoms with E-state index in [0.29, 0.717) is 0 Å². The molecule has 0 radical (unpaired) electrons. The molecule has 0 aliphatic carbocycles. The van der Waals surface area contributed by atoms with E-state index in [1.54, 1.807) is 0 Å². The van der Waals surface area contributed by atoms with Crippen LogP contribution < -0.4 is 5.32 Å². The Morgan fingerprint density at radius 3 is 2.55 bits per heavy atom. The van der Waals surface area contributed by atoms with Crippen LogP contribution in [0.4, 0.5) is 18.9 Å². The predicted octanol–water partition coefficient (Wildman–Crippen LogP) is 3.13. The Morgan fingerprint density at radius 2 is 1.90 bits per heavy atom. The highest BCUT2D eigenvalue weighted by Crippen LogP contribution is 2.30. The summed E-state index contributed by atoms with van der Waals surface area (Å²) in [5.41, 5.74) is -0.574. The summed E-state index contributed by atoms with van der Waals surface area (Å²) in [6.45, 7) is 1.97. The first kappa shape index (κ1) is 14.8. The molecule has 0 atom stereocenters. The predicted molar refractivity (Wildman–Crippen MR) is 70.4 cm³/mol. The summed E-state index contributed by atoms with van der Waals surface area (Å²) in [6, 6.07) is 4.69. The highest BCUT2D eigenvalue weighted by atomic mass is 19.4. The molecule has 2 rings (SSSR count). The lowest BCUT2D eigenvalue weighted by Crippen LogP contribution is -2.36. The third kappa shape index (κ3) is 4.23. The Labute approximate surface area is 115 Å². The first-order chi connectivity index (χ1) is 9.45. The number of halogens is 3. The van der Waals surface area contributed by atoms with Crippen LogP contribution in [0.5, 0.6) is 0 Å². The number of hydrogen-bond donors (Lipinski definition) is 1. The molecule has 6 heteroatoms. The van der Waals surface area contributed by atoms with Gasteiger partial charge in [-0.15, -0.1) is 0 Å². The minimum absolute atomic E-state index is 0.182. The van der Waals surface area contributed by atoms with E-state index in [1.807, 2.05) is 4.90 Å². The van der Waals surface area contributed by atoms with Gasteiger partial charge in [0.15, 0.2) is 0 Å². The average Bonchev–Trinajstić information content (AvgIpc) is 2.39. The first-order valence-corrected chi connectivity index (χ1v) is 6.64. The summed E-state index contributed by atoms with van der Waals surface area (Å²) in [5, 5.41) is 2.52. The number of nitrogens with one attached hydrogen (secondary N) is 1. The van der Waals surface area contributed by atoms with E-state index in [9.17, 15) is 18.0 Å². The third-order valence-electron chi connectivity index (χ3n) is 3.29. The Balaban J connectivity index is 1.93. The molecule has 0 bridgehead atoms. The van der Waals surface area contributed by atoms with Crippen LogP contribution in [0.1, 0.15) is 24.8 Å². The number of carbonyl (C=O) groups excluding carboxylic acids is 1. The lowest BCUT2D eigenvalue weighted by atomic mass is 10.1. The molecule has 0 saturated carbocycles. The molecule has 1 heterocycles. The molecular formula is C14H17F3N2O. The summed E-state index contributed by atoms with van der Waals surface area (Å²) in [7, 11) is 0. The number of nitrogens with zero attached hydrogens (tertiary/aromatic N) is 1. The highest BCUT2D eigenvalue weighted by molar-refractivity contribution is 5.92. The second-order valence-corrected chi connectivity index (χ2v) is 4.96. The summed E-state index contributed by atoms with van der Waals surface area (Å²) in [6.07, 6.45) is -1.09. The van der Waals surface area contributed by atoms with Crippen LogP contribution in [-0.4, -0.2) is 30.4 Å². The molecule has 1 saturated heterocycles. The fourth-order valence-electron chi connectivity index (χ4n) is 2.29. The number of piperidine rings is 1. The van der Waals surface area contributed by atoms with E-state index < -0.39 is 11.7 Å². The van der Waals surface area contributed by atoms with Crippen molar-refractivity contribution in [2.24, 2.45) is 0 Å². The van der Waals surface area contributed by atoms with E-state index in [4.69, 9.17) is 0 Å². The van der Waals surface area contributed by atoms with Gasteiger partial charge in [0.2, 0.25) is 5.91 Å². The topological polar surface area (TPSA) is 32.3 Å². The van der Waals surface area contributed by atoms with Crippen LogP contribution in [0.3, 0.4) is 0 Å². The molecule has 0 aromatic heterocycles. The maximum Gasteiger partial charge on any atom is 0.416 e. The van der Waals surface area contributed by atoms with E-state index in [-0.39, 0.29) is 18.1 Å². The van der Waals surface area contributed by atoms with Crippen molar-refractivity contribution in [3.05, 3.63) is 29.8 Å². The smallest absolute Gasteiger partial charge is 0.325 e. The molecule has 0 unspecified atom stereocenters. The molecule has 110 valence electrons. The second kappa shape index (κ2) is 6.26. The number of benzene rings is 1. The van der Waals surface area contributed by atoms with Gasteiger partial charge in [0.25, 0.3) is 0 Å². The van der Waals surface area contributed by atoms with Crippen LogP contribution in [-0.2, 0) is 11.0 Å². The van der Waals surface area contributed by atoms with Crippen molar-refractivity contribution >= 4 is 11.6 Å². The van der Waals surface area contributed by atoms with Crippen molar-refractivity contribution < 1.29 is 18.0 Å². The number of hydrogen-bond acceptors (Lipinski definition) is 2. The van der Waals surface area contributed by atoms with Crippen LogP contribution in [0.15, 0.2) is 24.3 Å². The van der Waals surface area contributed by atoms with Gasteiger partial charge in [0.1, 0.15) is 0 Å². The Kier molecular flexibility index (Phi) is 4.65. The molecule has 1 aliphatic heterocycles. The van der Waals surface area contributed by atoms with Crippen molar-refractivity contribution in [1.29, 1.82) is 0 Å². The number of alkyl halides is 3. The monoisotopic (exact) mass is 286 g/mol. The molecule has 1 fully saturated rings. The van der Waals surface area contributed by atoms with Gasteiger partial charge >= 0.3 is 6.18 Å². The summed E-state index contributed by atoms with van der Waals surface area (Å²) in [5.74, 6) is -0.272. The van der Waals surface area contributed by atoms with E-state index in [0.717, 1.165) is 38.1 Å². The van der Waals surface area contributed by atoms with Crippen molar-refractivity contribution in [2.75, 3.05) is 25.0 Å². The fraction of sp³-hybridized carbons (Fsp3) is 0.500.